The Morgan fingerprint density at radius 3 is 2.33 bits per heavy atom. The predicted molar refractivity (Wildman–Crippen MR) is 104 cm³/mol. The molecule has 1 fully saturated rings. The van der Waals surface area contributed by atoms with Gasteiger partial charge in [0.25, 0.3) is 0 Å². The van der Waals surface area contributed by atoms with Crippen LogP contribution in [0.2, 0.25) is 0 Å². The number of carbonyl (C=O) groups is 1. The van der Waals surface area contributed by atoms with E-state index in [4.69, 9.17) is 0 Å². The topological polar surface area (TPSA) is 40.5 Å². The highest BCUT2D eigenvalue weighted by Crippen LogP contribution is 2.35. The van der Waals surface area contributed by atoms with Crippen LogP contribution >= 0.6 is 0 Å². The highest BCUT2D eigenvalue weighted by atomic mass is 19.1. The molecule has 1 atom stereocenters. The number of hydrogen-bond acceptors (Lipinski definition) is 2. The van der Waals surface area contributed by atoms with Crippen molar-refractivity contribution in [3.05, 3.63) is 83.7 Å². The maximum absolute atomic E-state index is 14.7. The fraction of sp³-hybridized carbons (Fsp3) is 0.261. The molecule has 3 aromatic rings. The molecule has 0 bridgehead atoms. The van der Waals surface area contributed by atoms with Gasteiger partial charge < -0.3 is 5.11 Å². The molecule has 0 spiro atoms. The van der Waals surface area contributed by atoms with Gasteiger partial charge in [0.05, 0.1) is 12.0 Å². The second-order valence-electron chi connectivity index (χ2n) is 7.18. The molecule has 138 valence electrons. The third-order valence-corrected chi connectivity index (χ3v) is 5.53. The number of rotatable bonds is 4. The fourth-order valence-electron chi connectivity index (χ4n) is 4.07. The van der Waals surface area contributed by atoms with Crippen LogP contribution in [0.25, 0.3) is 10.8 Å². The average molecular weight is 363 g/mol. The first-order valence-corrected chi connectivity index (χ1v) is 9.33. The number of piperidine rings is 1. The molecule has 1 unspecified atom stereocenters. The van der Waals surface area contributed by atoms with Crippen LogP contribution in [0, 0.1) is 11.7 Å². The third-order valence-electron chi connectivity index (χ3n) is 5.53. The Balaban J connectivity index is 1.74. The van der Waals surface area contributed by atoms with E-state index in [9.17, 15) is 14.3 Å². The van der Waals surface area contributed by atoms with E-state index >= 15 is 0 Å². The molecule has 0 amide bonds. The zero-order valence-corrected chi connectivity index (χ0v) is 15.0. The van der Waals surface area contributed by atoms with Gasteiger partial charge in [-0.05, 0) is 54.4 Å². The molecule has 1 heterocycles. The number of nitrogens with zero attached hydrogens (tertiary/aromatic N) is 1. The van der Waals surface area contributed by atoms with Crippen molar-refractivity contribution < 1.29 is 14.3 Å². The molecule has 1 aliphatic rings. The van der Waals surface area contributed by atoms with Gasteiger partial charge in [0.2, 0.25) is 0 Å². The zero-order valence-electron chi connectivity index (χ0n) is 15.0. The van der Waals surface area contributed by atoms with Gasteiger partial charge in [-0.3, -0.25) is 9.69 Å². The molecule has 0 radical (unpaired) electrons. The molecule has 27 heavy (non-hydrogen) atoms. The minimum Gasteiger partial charge on any atom is -0.481 e. The van der Waals surface area contributed by atoms with E-state index < -0.39 is 5.97 Å². The van der Waals surface area contributed by atoms with E-state index in [1.54, 1.807) is 6.07 Å². The lowest BCUT2D eigenvalue weighted by molar-refractivity contribution is -0.143. The second kappa shape index (κ2) is 7.49. The van der Waals surface area contributed by atoms with Gasteiger partial charge in [-0.25, -0.2) is 4.39 Å². The molecule has 3 nitrogen and oxygen atoms in total. The number of hydrogen-bond donors (Lipinski definition) is 1. The summed E-state index contributed by atoms with van der Waals surface area (Å²) in [6.07, 6.45) is 1.18. The highest BCUT2D eigenvalue weighted by Gasteiger charge is 2.31. The summed E-state index contributed by atoms with van der Waals surface area (Å²) in [6, 6.07) is 21.1. The number of aliphatic carboxylic acids is 1. The van der Waals surface area contributed by atoms with Crippen molar-refractivity contribution in [2.24, 2.45) is 5.92 Å². The fourth-order valence-corrected chi connectivity index (χ4v) is 4.07. The first kappa shape index (κ1) is 17.7. The van der Waals surface area contributed by atoms with E-state index in [-0.39, 0.29) is 17.8 Å². The Morgan fingerprint density at radius 2 is 1.63 bits per heavy atom. The molecule has 3 aromatic carbocycles. The summed E-state index contributed by atoms with van der Waals surface area (Å²) in [5.74, 6) is -1.27. The number of carboxylic acid groups (broad SMARTS) is 1. The van der Waals surface area contributed by atoms with E-state index in [0.29, 0.717) is 31.5 Å². The van der Waals surface area contributed by atoms with E-state index in [1.165, 1.54) is 6.07 Å². The molecule has 0 aliphatic carbocycles. The van der Waals surface area contributed by atoms with Gasteiger partial charge in [0, 0.05) is 5.56 Å². The van der Waals surface area contributed by atoms with Crippen LogP contribution in [0.5, 0.6) is 0 Å². The van der Waals surface area contributed by atoms with Gasteiger partial charge in [-0.2, -0.15) is 0 Å². The molecule has 1 aliphatic heterocycles. The SMILES string of the molecule is O=C(O)C1CCN(C(c2ccc3ccccc3c2)c2ccccc2F)CC1. The zero-order chi connectivity index (χ0) is 18.8. The summed E-state index contributed by atoms with van der Waals surface area (Å²) in [5.41, 5.74) is 1.68. The van der Waals surface area contributed by atoms with Gasteiger partial charge >= 0.3 is 5.97 Å². The summed E-state index contributed by atoms with van der Waals surface area (Å²) < 4.78 is 14.7. The molecular weight excluding hydrogens is 341 g/mol. The number of fused-ring (bicyclic) bond motifs is 1. The number of likely N-dealkylation sites (tertiary alicyclic amines) is 1. The summed E-state index contributed by atoms with van der Waals surface area (Å²) >= 11 is 0. The quantitative estimate of drug-likeness (QED) is 0.719. The van der Waals surface area contributed by atoms with Crippen molar-refractivity contribution in [3.8, 4) is 0 Å². The van der Waals surface area contributed by atoms with Crippen molar-refractivity contribution in [2.75, 3.05) is 13.1 Å². The van der Waals surface area contributed by atoms with Gasteiger partial charge in [-0.15, -0.1) is 0 Å². The molecular formula is C23H22FNO2. The monoisotopic (exact) mass is 363 g/mol. The third kappa shape index (κ3) is 3.58. The number of benzene rings is 3. The maximum Gasteiger partial charge on any atom is 0.306 e. The van der Waals surface area contributed by atoms with Crippen LogP contribution in [-0.2, 0) is 4.79 Å². The second-order valence-corrected chi connectivity index (χ2v) is 7.18. The molecule has 4 heteroatoms. The summed E-state index contributed by atoms with van der Waals surface area (Å²) in [6.45, 7) is 1.28. The molecule has 4 rings (SSSR count). The van der Waals surface area contributed by atoms with Crippen LogP contribution in [0.15, 0.2) is 66.7 Å². The minimum atomic E-state index is -0.734. The Kier molecular flexibility index (Phi) is 4.90. The van der Waals surface area contributed by atoms with Gasteiger partial charge in [-0.1, -0.05) is 54.6 Å². The first-order chi connectivity index (χ1) is 13.1. The Morgan fingerprint density at radius 1 is 0.963 bits per heavy atom. The van der Waals surface area contributed by atoms with Crippen LogP contribution in [0.1, 0.15) is 30.0 Å². The van der Waals surface area contributed by atoms with Crippen molar-refractivity contribution in [2.45, 2.75) is 18.9 Å². The smallest absolute Gasteiger partial charge is 0.306 e. The standard InChI is InChI=1S/C23H22FNO2/c24-21-8-4-3-7-20(21)22(25-13-11-17(12-14-25)23(26)27)19-10-9-16-5-1-2-6-18(16)15-19/h1-10,15,17,22H,11-14H2,(H,26,27). The van der Waals surface area contributed by atoms with Crippen molar-refractivity contribution in [1.82, 2.24) is 4.90 Å². The van der Waals surface area contributed by atoms with E-state index in [1.807, 2.05) is 24.3 Å². The van der Waals surface area contributed by atoms with Crippen molar-refractivity contribution >= 4 is 16.7 Å². The molecule has 0 saturated carbocycles. The van der Waals surface area contributed by atoms with E-state index in [2.05, 4.69) is 35.2 Å². The number of halogens is 1. The van der Waals surface area contributed by atoms with Crippen LogP contribution in [-0.4, -0.2) is 29.1 Å². The normalized spacial score (nSPS) is 17.1. The Bertz CT molecular complexity index is 963. The molecule has 0 aromatic heterocycles. The highest BCUT2D eigenvalue weighted by molar-refractivity contribution is 5.83. The Labute approximate surface area is 158 Å². The Hall–Kier alpha value is -2.72. The lowest BCUT2D eigenvalue weighted by Gasteiger charge is -2.37. The van der Waals surface area contributed by atoms with Gasteiger partial charge in [0.15, 0.2) is 0 Å². The van der Waals surface area contributed by atoms with Crippen molar-refractivity contribution in [3.63, 3.8) is 0 Å². The summed E-state index contributed by atoms with van der Waals surface area (Å²) in [4.78, 5) is 13.5. The van der Waals surface area contributed by atoms with Crippen LogP contribution < -0.4 is 0 Å². The predicted octanol–water partition coefficient (Wildman–Crippen LogP) is 4.86. The lowest BCUT2D eigenvalue weighted by Crippen LogP contribution is -2.39. The molecule has 1 N–H and O–H groups in total. The number of carboxylic acids is 1. The largest absolute Gasteiger partial charge is 0.481 e. The minimum absolute atomic E-state index is 0.217. The maximum atomic E-state index is 14.7. The van der Waals surface area contributed by atoms with Crippen molar-refractivity contribution in [1.29, 1.82) is 0 Å². The summed E-state index contributed by atoms with van der Waals surface area (Å²) in [5, 5.41) is 11.6. The van der Waals surface area contributed by atoms with Gasteiger partial charge in [0.1, 0.15) is 5.82 Å². The van der Waals surface area contributed by atoms with E-state index in [0.717, 1.165) is 16.3 Å². The average Bonchev–Trinajstić information content (AvgIpc) is 2.70. The molecule has 1 saturated heterocycles. The van der Waals surface area contributed by atoms with Crippen LogP contribution in [0.3, 0.4) is 0 Å². The lowest BCUT2D eigenvalue weighted by atomic mass is 9.90. The summed E-state index contributed by atoms with van der Waals surface area (Å²) in [7, 11) is 0. The first-order valence-electron chi connectivity index (χ1n) is 9.33. The van der Waals surface area contributed by atoms with Crippen LogP contribution in [0.4, 0.5) is 4.39 Å².